The summed E-state index contributed by atoms with van der Waals surface area (Å²) in [6, 6.07) is 5.95. The van der Waals surface area contributed by atoms with Crippen molar-refractivity contribution >= 4 is 5.91 Å². The van der Waals surface area contributed by atoms with E-state index in [1.165, 1.54) is 6.42 Å². The Hall–Kier alpha value is -1.55. The van der Waals surface area contributed by atoms with Gasteiger partial charge < -0.3 is 15.3 Å². The van der Waals surface area contributed by atoms with E-state index in [1.807, 2.05) is 17.9 Å². The van der Waals surface area contributed by atoms with Gasteiger partial charge in [0, 0.05) is 29.8 Å². The predicted octanol–water partition coefficient (Wildman–Crippen LogP) is 2.06. The van der Waals surface area contributed by atoms with Crippen molar-refractivity contribution in [3.8, 4) is 5.75 Å². The van der Waals surface area contributed by atoms with E-state index in [2.05, 4.69) is 5.32 Å². The normalized spacial score (nSPS) is 26.1. The molecule has 4 nitrogen and oxygen atoms in total. The molecule has 2 saturated heterocycles. The van der Waals surface area contributed by atoms with Crippen molar-refractivity contribution in [2.45, 2.75) is 44.7 Å². The Balaban J connectivity index is 1.83. The molecule has 20 heavy (non-hydrogen) atoms. The summed E-state index contributed by atoms with van der Waals surface area (Å²) in [6.45, 7) is 3.70. The minimum absolute atomic E-state index is 0.0644. The van der Waals surface area contributed by atoms with Crippen molar-refractivity contribution < 1.29 is 9.90 Å². The van der Waals surface area contributed by atoms with E-state index in [0.717, 1.165) is 32.4 Å². The predicted molar refractivity (Wildman–Crippen MR) is 77.9 cm³/mol. The first kappa shape index (κ1) is 13.4. The van der Waals surface area contributed by atoms with Crippen LogP contribution in [0.3, 0.4) is 0 Å². The number of likely N-dealkylation sites (tertiary alicyclic amines) is 1. The van der Waals surface area contributed by atoms with Crippen LogP contribution in [0.1, 0.15) is 41.6 Å². The van der Waals surface area contributed by atoms with Crippen molar-refractivity contribution in [2.75, 3.05) is 13.1 Å². The molecule has 1 aromatic rings. The minimum Gasteiger partial charge on any atom is -0.508 e. The van der Waals surface area contributed by atoms with E-state index < -0.39 is 0 Å². The van der Waals surface area contributed by atoms with Gasteiger partial charge in [-0.2, -0.15) is 0 Å². The van der Waals surface area contributed by atoms with Gasteiger partial charge in [-0.05, 0) is 51.3 Å². The molecule has 3 rings (SSSR count). The Kier molecular flexibility index (Phi) is 3.66. The number of nitrogens with zero attached hydrogens (tertiary/aromatic N) is 1. The van der Waals surface area contributed by atoms with Crippen LogP contribution < -0.4 is 5.32 Å². The van der Waals surface area contributed by atoms with Gasteiger partial charge in [0.1, 0.15) is 5.75 Å². The number of benzene rings is 1. The summed E-state index contributed by atoms with van der Waals surface area (Å²) >= 11 is 0. The highest BCUT2D eigenvalue weighted by molar-refractivity contribution is 5.96. The Morgan fingerprint density at radius 1 is 1.35 bits per heavy atom. The van der Waals surface area contributed by atoms with Crippen LogP contribution in [0.5, 0.6) is 5.75 Å². The minimum atomic E-state index is 0.0644. The molecule has 1 amide bonds. The van der Waals surface area contributed by atoms with Crippen molar-refractivity contribution in [2.24, 2.45) is 0 Å². The van der Waals surface area contributed by atoms with E-state index in [-0.39, 0.29) is 11.7 Å². The molecule has 0 radical (unpaired) electrons. The topological polar surface area (TPSA) is 52.6 Å². The van der Waals surface area contributed by atoms with Gasteiger partial charge in [0.05, 0.1) is 0 Å². The average Bonchev–Trinajstić information content (AvgIpc) is 3.10. The van der Waals surface area contributed by atoms with Crippen LogP contribution in [0.15, 0.2) is 18.2 Å². The summed E-state index contributed by atoms with van der Waals surface area (Å²) in [5.41, 5.74) is 1.32. The Morgan fingerprint density at radius 2 is 2.20 bits per heavy atom. The maximum Gasteiger partial charge on any atom is 0.254 e. The molecule has 2 N–H and O–H groups in total. The molecule has 0 aromatic heterocycles. The molecule has 0 spiro atoms. The third-order valence-electron chi connectivity index (χ3n) is 4.66. The van der Waals surface area contributed by atoms with Crippen molar-refractivity contribution in [1.82, 2.24) is 10.2 Å². The molecule has 0 saturated carbocycles. The fourth-order valence-corrected chi connectivity index (χ4v) is 3.51. The monoisotopic (exact) mass is 274 g/mol. The molecule has 108 valence electrons. The van der Waals surface area contributed by atoms with Crippen LogP contribution in [-0.4, -0.2) is 41.1 Å². The van der Waals surface area contributed by atoms with Crippen LogP contribution >= 0.6 is 0 Å². The van der Waals surface area contributed by atoms with Crippen LogP contribution in [-0.2, 0) is 0 Å². The summed E-state index contributed by atoms with van der Waals surface area (Å²) in [6.07, 6.45) is 4.52. The van der Waals surface area contributed by atoms with Crippen molar-refractivity contribution in [3.05, 3.63) is 29.3 Å². The van der Waals surface area contributed by atoms with Gasteiger partial charge in [0.25, 0.3) is 5.91 Å². The summed E-state index contributed by atoms with van der Waals surface area (Å²) < 4.78 is 0. The van der Waals surface area contributed by atoms with Crippen molar-refractivity contribution in [3.63, 3.8) is 0 Å². The number of hydrogen-bond donors (Lipinski definition) is 2. The maximum absolute atomic E-state index is 12.8. The smallest absolute Gasteiger partial charge is 0.254 e. The van der Waals surface area contributed by atoms with Gasteiger partial charge in [-0.1, -0.05) is 6.07 Å². The molecule has 0 aliphatic carbocycles. The SMILES string of the molecule is Cc1c(O)cccc1C(=O)N1CCCC1C1CCCN1. The number of carbonyl (C=O) groups excluding carboxylic acids is 1. The van der Waals surface area contributed by atoms with E-state index in [0.29, 0.717) is 23.2 Å². The zero-order valence-corrected chi connectivity index (χ0v) is 11.9. The van der Waals surface area contributed by atoms with E-state index >= 15 is 0 Å². The van der Waals surface area contributed by atoms with Crippen molar-refractivity contribution in [1.29, 1.82) is 0 Å². The van der Waals surface area contributed by atoms with Crippen LogP contribution in [0.2, 0.25) is 0 Å². The Morgan fingerprint density at radius 3 is 2.95 bits per heavy atom. The summed E-state index contributed by atoms with van der Waals surface area (Å²) in [5.74, 6) is 0.264. The van der Waals surface area contributed by atoms with Crippen LogP contribution in [0, 0.1) is 6.92 Å². The molecule has 2 fully saturated rings. The first-order chi connectivity index (χ1) is 9.68. The number of phenols is 1. The molecule has 2 unspecified atom stereocenters. The van der Waals surface area contributed by atoms with Gasteiger partial charge in [-0.15, -0.1) is 0 Å². The molecular weight excluding hydrogens is 252 g/mol. The van der Waals surface area contributed by atoms with Gasteiger partial charge >= 0.3 is 0 Å². The molecule has 1 aromatic carbocycles. The lowest BCUT2D eigenvalue weighted by atomic mass is 10.0. The number of nitrogens with one attached hydrogen (secondary N) is 1. The van der Waals surface area contributed by atoms with Gasteiger partial charge in [-0.25, -0.2) is 0 Å². The molecular formula is C16H22N2O2. The lowest BCUT2D eigenvalue weighted by Crippen LogP contribution is -2.46. The number of rotatable bonds is 2. The first-order valence-electron chi connectivity index (χ1n) is 7.51. The number of phenolic OH excluding ortho intramolecular Hbond substituents is 1. The molecule has 0 bridgehead atoms. The van der Waals surface area contributed by atoms with Crippen LogP contribution in [0.4, 0.5) is 0 Å². The highest BCUT2D eigenvalue weighted by Crippen LogP contribution is 2.28. The Bertz CT molecular complexity index is 509. The third-order valence-corrected chi connectivity index (χ3v) is 4.66. The molecule has 2 heterocycles. The van der Waals surface area contributed by atoms with E-state index in [4.69, 9.17) is 0 Å². The molecule has 4 heteroatoms. The highest BCUT2D eigenvalue weighted by Gasteiger charge is 2.36. The number of carbonyl (C=O) groups is 1. The summed E-state index contributed by atoms with van der Waals surface area (Å²) in [4.78, 5) is 14.8. The fourth-order valence-electron chi connectivity index (χ4n) is 3.51. The number of amides is 1. The second-order valence-corrected chi connectivity index (χ2v) is 5.86. The quantitative estimate of drug-likeness (QED) is 0.868. The molecule has 2 atom stereocenters. The molecule has 2 aliphatic rings. The van der Waals surface area contributed by atoms with Gasteiger partial charge in [0.2, 0.25) is 0 Å². The summed E-state index contributed by atoms with van der Waals surface area (Å²) in [5, 5.41) is 13.3. The lowest BCUT2D eigenvalue weighted by Gasteiger charge is -2.30. The maximum atomic E-state index is 12.8. The van der Waals surface area contributed by atoms with Gasteiger partial charge in [0.15, 0.2) is 0 Å². The van der Waals surface area contributed by atoms with Gasteiger partial charge in [-0.3, -0.25) is 4.79 Å². The molecule has 2 aliphatic heterocycles. The van der Waals surface area contributed by atoms with E-state index in [1.54, 1.807) is 12.1 Å². The first-order valence-corrected chi connectivity index (χ1v) is 7.51. The zero-order valence-electron chi connectivity index (χ0n) is 11.9. The fraction of sp³-hybridized carbons (Fsp3) is 0.562. The zero-order chi connectivity index (χ0) is 14.1. The van der Waals surface area contributed by atoms with Crippen LogP contribution in [0.25, 0.3) is 0 Å². The number of hydrogen-bond acceptors (Lipinski definition) is 3. The number of aromatic hydroxyl groups is 1. The summed E-state index contributed by atoms with van der Waals surface area (Å²) in [7, 11) is 0. The largest absolute Gasteiger partial charge is 0.508 e. The lowest BCUT2D eigenvalue weighted by molar-refractivity contribution is 0.0710. The standard InChI is InChI=1S/C16H22N2O2/c1-11-12(5-2-8-15(11)19)16(20)18-10-4-7-14(18)13-6-3-9-17-13/h2,5,8,13-14,17,19H,3-4,6-7,9-10H2,1H3. The van der Waals surface area contributed by atoms with E-state index in [9.17, 15) is 9.90 Å². The average molecular weight is 274 g/mol. The highest BCUT2D eigenvalue weighted by atomic mass is 16.3. The Labute approximate surface area is 119 Å². The second kappa shape index (κ2) is 5.44. The second-order valence-electron chi connectivity index (χ2n) is 5.86. The third kappa shape index (κ3) is 2.29.